The molecule has 0 aliphatic carbocycles. The molecule has 138 valence electrons. The monoisotopic (exact) mass is 395 g/mol. The van der Waals surface area contributed by atoms with E-state index in [0.717, 1.165) is 5.56 Å². The fourth-order valence-electron chi connectivity index (χ4n) is 3.02. The predicted molar refractivity (Wildman–Crippen MR) is 99.5 cm³/mol. The Kier molecular flexibility index (Phi) is 5.57. The number of nitrogens with one attached hydrogen (secondary N) is 1. The van der Waals surface area contributed by atoms with E-state index >= 15 is 0 Å². The van der Waals surface area contributed by atoms with E-state index in [4.69, 9.17) is 11.6 Å². The third kappa shape index (κ3) is 4.21. The van der Waals surface area contributed by atoms with Crippen molar-refractivity contribution in [3.8, 4) is 0 Å². The number of nitrogens with zero attached hydrogens (tertiary/aromatic N) is 2. The van der Waals surface area contributed by atoms with Gasteiger partial charge in [0, 0.05) is 36.8 Å². The molecule has 1 fully saturated rings. The molecule has 0 bridgehead atoms. The second kappa shape index (κ2) is 7.71. The number of nitro groups is 1. The van der Waals surface area contributed by atoms with E-state index in [1.165, 1.54) is 28.6 Å². The van der Waals surface area contributed by atoms with Gasteiger partial charge in [0.05, 0.1) is 16.7 Å². The molecule has 0 radical (unpaired) electrons. The van der Waals surface area contributed by atoms with Gasteiger partial charge in [0.1, 0.15) is 0 Å². The van der Waals surface area contributed by atoms with Crippen LogP contribution in [0.5, 0.6) is 0 Å². The Bertz CT molecular complexity index is 902. The van der Waals surface area contributed by atoms with Crippen LogP contribution in [0.15, 0.2) is 48.5 Å². The number of rotatable bonds is 5. The van der Waals surface area contributed by atoms with Gasteiger partial charge in [-0.1, -0.05) is 35.9 Å². The van der Waals surface area contributed by atoms with Gasteiger partial charge in [-0.15, -0.1) is 0 Å². The van der Waals surface area contributed by atoms with Gasteiger partial charge in [0.2, 0.25) is 10.0 Å². The molecular weight excluding hydrogens is 378 g/mol. The molecule has 0 spiro atoms. The molecule has 3 rings (SSSR count). The average Bonchev–Trinajstić information content (AvgIpc) is 2.62. The van der Waals surface area contributed by atoms with Crippen molar-refractivity contribution in [1.82, 2.24) is 9.62 Å². The van der Waals surface area contributed by atoms with Crippen molar-refractivity contribution >= 4 is 27.3 Å². The number of halogens is 1. The van der Waals surface area contributed by atoms with E-state index in [9.17, 15) is 18.5 Å². The molecule has 1 saturated heterocycles. The zero-order valence-electron chi connectivity index (χ0n) is 13.8. The molecule has 1 aliphatic heterocycles. The van der Waals surface area contributed by atoms with Gasteiger partial charge in [-0.2, -0.15) is 4.31 Å². The first-order valence-electron chi connectivity index (χ1n) is 8.06. The first-order chi connectivity index (χ1) is 12.4. The highest BCUT2D eigenvalue weighted by Gasteiger charge is 2.33. The normalized spacial score (nSPS) is 18.6. The molecule has 2 aromatic rings. The summed E-state index contributed by atoms with van der Waals surface area (Å²) in [5.41, 5.74) is 1.28. The van der Waals surface area contributed by atoms with Crippen LogP contribution in [0, 0.1) is 10.1 Å². The van der Waals surface area contributed by atoms with Crippen molar-refractivity contribution in [2.24, 2.45) is 0 Å². The maximum Gasteiger partial charge on any atom is 0.269 e. The number of hydrogen-bond acceptors (Lipinski definition) is 5. The Balaban J connectivity index is 1.84. The summed E-state index contributed by atoms with van der Waals surface area (Å²) < 4.78 is 27.4. The Morgan fingerprint density at radius 1 is 1.23 bits per heavy atom. The second-order valence-electron chi connectivity index (χ2n) is 6.07. The summed E-state index contributed by atoms with van der Waals surface area (Å²) in [6, 6.07) is 12.4. The highest BCUT2D eigenvalue weighted by Crippen LogP contribution is 2.28. The minimum Gasteiger partial charge on any atom is -0.313 e. The summed E-state index contributed by atoms with van der Waals surface area (Å²) in [5.74, 6) is -0.206. The van der Waals surface area contributed by atoms with E-state index in [1.807, 2.05) is 6.07 Å². The lowest BCUT2D eigenvalue weighted by Gasteiger charge is -2.35. The van der Waals surface area contributed by atoms with Crippen LogP contribution in [-0.2, 0) is 15.8 Å². The Morgan fingerprint density at radius 3 is 2.62 bits per heavy atom. The van der Waals surface area contributed by atoms with Crippen LogP contribution in [0.3, 0.4) is 0 Å². The molecule has 7 nitrogen and oxygen atoms in total. The Morgan fingerprint density at radius 2 is 1.96 bits per heavy atom. The van der Waals surface area contributed by atoms with Crippen LogP contribution in [0.2, 0.25) is 5.02 Å². The third-order valence-corrected chi connectivity index (χ3v) is 6.37. The second-order valence-corrected chi connectivity index (χ2v) is 8.42. The van der Waals surface area contributed by atoms with Crippen LogP contribution < -0.4 is 5.32 Å². The Hall–Kier alpha value is -2.00. The molecule has 9 heteroatoms. The van der Waals surface area contributed by atoms with Crippen molar-refractivity contribution in [3.05, 3.63) is 74.8 Å². The molecule has 0 amide bonds. The van der Waals surface area contributed by atoms with Gasteiger partial charge >= 0.3 is 0 Å². The maximum atomic E-state index is 13.0. The van der Waals surface area contributed by atoms with E-state index in [1.54, 1.807) is 18.2 Å². The number of hydrogen-bond donors (Lipinski definition) is 1. The van der Waals surface area contributed by atoms with Crippen LogP contribution in [0.25, 0.3) is 0 Å². The van der Waals surface area contributed by atoms with Crippen molar-refractivity contribution in [2.75, 3.05) is 19.6 Å². The molecule has 1 atom stereocenters. The molecule has 1 unspecified atom stereocenters. The van der Waals surface area contributed by atoms with Gasteiger partial charge in [0.25, 0.3) is 5.69 Å². The highest BCUT2D eigenvalue weighted by molar-refractivity contribution is 7.88. The first-order valence-corrected chi connectivity index (χ1v) is 10.0. The van der Waals surface area contributed by atoms with Gasteiger partial charge < -0.3 is 5.32 Å². The number of piperazine rings is 1. The Labute approximate surface area is 156 Å². The minimum absolute atomic E-state index is 0.0647. The number of sulfonamides is 1. The maximum absolute atomic E-state index is 13.0. The number of non-ortho nitro benzene ring substituents is 1. The average molecular weight is 396 g/mol. The summed E-state index contributed by atoms with van der Waals surface area (Å²) in [5, 5.41) is 14.5. The lowest BCUT2D eigenvalue weighted by atomic mass is 10.1. The van der Waals surface area contributed by atoms with Gasteiger partial charge in [0.15, 0.2) is 0 Å². The SMILES string of the molecule is O=[N+]([O-])c1ccc(CS(=O)(=O)N2CCNCC2c2cccc(Cl)c2)cc1. The zero-order chi connectivity index (χ0) is 18.7. The summed E-state index contributed by atoms with van der Waals surface area (Å²) in [6.45, 7) is 1.42. The lowest BCUT2D eigenvalue weighted by Crippen LogP contribution is -2.48. The zero-order valence-corrected chi connectivity index (χ0v) is 15.4. The minimum atomic E-state index is -3.60. The van der Waals surface area contributed by atoms with Gasteiger partial charge in [-0.3, -0.25) is 10.1 Å². The van der Waals surface area contributed by atoms with Crippen LogP contribution in [-0.4, -0.2) is 37.3 Å². The van der Waals surface area contributed by atoms with Crippen LogP contribution >= 0.6 is 11.6 Å². The summed E-state index contributed by atoms with van der Waals surface area (Å²) in [6.07, 6.45) is 0. The molecule has 1 aliphatic rings. The summed E-state index contributed by atoms with van der Waals surface area (Å²) >= 11 is 6.05. The third-order valence-electron chi connectivity index (χ3n) is 4.28. The fraction of sp³-hybridized carbons (Fsp3) is 0.294. The summed E-state index contributed by atoms with van der Waals surface area (Å²) in [4.78, 5) is 10.2. The highest BCUT2D eigenvalue weighted by atomic mass is 35.5. The number of nitro benzene ring substituents is 1. The number of benzene rings is 2. The van der Waals surface area contributed by atoms with Gasteiger partial charge in [-0.25, -0.2) is 8.42 Å². The quantitative estimate of drug-likeness (QED) is 0.620. The van der Waals surface area contributed by atoms with E-state index in [-0.39, 0.29) is 17.5 Å². The van der Waals surface area contributed by atoms with Crippen molar-refractivity contribution in [3.63, 3.8) is 0 Å². The molecule has 26 heavy (non-hydrogen) atoms. The molecule has 2 aromatic carbocycles. The van der Waals surface area contributed by atoms with E-state index in [2.05, 4.69) is 5.32 Å². The fourth-order valence-corrected chi connectivity index (χ4v) is 4.96. The van der Waals surface area contributed by atoms with Crippen LogP contribution in [0.4, 0.5) is 5.69 Å². The van der Waals surface area contributed by atoms with E-state index < -0.39 is 14.9 Å². The molecule has 0 aromatic heterocycles. The molecular formula is C17H18ClN3O4S. The lowest BCUT2D eigenvalue weighted by molar-refractivity contribution is -0.384. The molecule has 1 heterocycles. The van der Waals surface area contributed by atoms with Crippen molar-refractivity contribution in [1.29, 1.82) is 0 Å². The van der Waals surface area contributed by atoms with Crippen molar-refractivity contribution in [2.45, 2.75) is 11.8 Å². The summed E-state index contributed by atoms with van der Waals surface area (Å²) in [7, 11) is -3.60. The predicted octanol–water partition coefficient (Wildman–Crippen LogP) is 2.72. The molecule has 0 saturated carbocycles. The first kappa shape index (κ1) is 18.8. The van der Waals surface area contributed by atoms with Gasteiger partial charge in [-0.05, 0) is 23.3 Å². The van der Waals surface area contributed by atoms with Crippen molar-refractivity contribution < 1.29 is 13.3 Å². The topological polar surface area (TPSA) is 92.5 Å². The standard InChI is InChI=1S/C17H18ClN3O4S/c18-15-3-1-2-14(10-15)17-11-19-8-9-20(17)26(24,25)12-13-4-6-16(7-5-13)21(22)23/h1-7,10,17,19H,8-9,11-12H2. The molecule has 1 N–H and O–H groups in total. The van der Waals surface area contributed by atoms with E-state index in [0.29, 0.717) is 30.2 Å². The smallest absolute Gasteiger partial charge is 0.269 e. The largest absolute Gasteiger partial charge is 0.313 e. The van der Waals surface area contributed by atoms with Crippen LogP contribution in [0.1, 0.15) is 17.2 Å².